The summed E-state index contributed by atoms with van der Waals surface area (Å²) in [4.78, 5) is 13.4. The lowest BCUT2D eigenvalue weighted by Crippen LogP contribution is -2.36. The molecule has 2 aliphatic rings. The zero-order valence-corrected chi connectivity index (χ0v) is 8.87. The van der Waals surface area contributed by atoms with Crippen molar-refractivity contribution in [1.82, 2.24) is 4.90 Å². The van der Waals surface area contributed by atoms with Crippen LogP contribution in [0.5, 0.6) is 0 Å². The third kappa shape index (κ3) is 2.34. The number of hydrogen-bond acceptors (Lipinski definition) is 3. The van der Waals surface area contributed by atoms with Gasteiger partial charge in [0, 0.05) is 32.0 Å². The maximum atomic E-state index is 11.1. The lowest BCUT2D eigenvalue weighted by Gasteiger charge is -2.25. The molecule has 3 heteroatoms. The summed E-state index contributed by atoms with van der Waals surface area (Å²) in [6.07, 6.45) is 5.37. The SMILES string of the molecule is CN(CC1CCCO1)C1CCC(=O)C1. The molecule has 0 aromatic carbocycles. The molecule has 2 atom stereocenters. The van der Waals surface area contributed by atoms with Crippen molar-refractivity contribution in [1.29, 1.82) is 0 Å². The minimum absolute atomic E-state index is 0.413. The van der Waals surface area contributed by atoms with Crippen LogP contribution < -0.4 is 0 Å². The molecule has 0 amide bonds. The van der Waals surface area contributed by atoms with Gasteiger partial charge in [-0.25, -0.2) is 0 Å². The molecule has 3 nitrogen and oxygen atoms in total. The third-order valence-corrected chi connectivity index (χ3v) is 3.36. The van der Waals surface area contributed by atoms with Gasteiger partial charge in [0.05, 0.1) is 6.10 Å². The first kappa shape index (κ1) is 10.1. The molecule has 2 fully saturated rings. The van der Waals surface area contributed by atoms with E-state index in [0.29, 0.717) is 17.9 Å². The van der Waals surface area contributed by atoms with Gasteiger partial charge in [0.1, 0.15) is 5.78 Å². The highest BCUT2D eigenvalue weighted by atomic mass is 16.5. The topological polar surface area (TPSA) is 29.5 Å². The zero-order valence-electron chi connectivity index (χ0n) is 8.87. The predicted octanol–water partition coefficient (Wildman–Crippen LogP) is 1.22. The van der Waals surface area contributed by atoms with Gasteiger partial charge in [-0.15, -0.1) is 0 Å². The summed E-state index contributed by atoms with van der Waals surface area (Å²) in [7, 11) is 2.12. The summed E-state index contributed by atoms with van der Waals surface area (Å²) in [6.45, 7) is 1.92. The Balaban J connectivity index is 1.77. The molecule has 14 heavy (non-hydrogen) atoms. The van der Waals surface area contributed by atoms with Gasteiger partial charge < -0.3 is 9.64 Å². The van der Waals surface area contributed by atoms with Gasteiger partial charge in [-0.3, -0.25) is 4.79 Å². The number of ketones is 1. The fraction of sp³-hybridized carbons (Fsp3) is 0.909. The molecule has 1 heterocycles. The zero-order chi connectivity index (χ0) is 9.97. The maximum absolute atomic E-state index is 11.1. The van der Waals surface area contributed by atoms with Crippen LogP contribution in [0.2, 0.25) is 0 Å². The van der Waals surface area contributed by atoms with Crippen LogP contribution in [0.4, 0.5) is 0 Å². The number of carbonyl (C=O) groups is 1. The third-order valence-electron chi connectivity index (χ3n) is 3.36. The molecular formula is C11H19NO2. The van der Waals surface area contributed by atoms with E-state index in [1.807, 2.05) is 0 Å². The van der Waals surface area contributed by atoms with Crippen LogP contribution in [-0.4, -0.2) is 43.0 Å². The normalized spacial score (nSPS) is 33.1. The molecule has 0 bridgehead atoms. The van der Waals surface area contributed by atoms with Crippen molar-refractivity contribution >= 4 is 5.78 Å². The largest absolute Gasteiger partial charge is 0.377 e. The fourth-order valence-corrected chi connectivity index (χ4v) is 2.43. The Bertz CT molecular complexity index is 211. The highest BCUT2D eigenvalue weighted by Gasteiger charge is 2.27. The van der Waals surface area contributed by atoms with Gasteiger partial charge >= 0.3 is 0 Å². The minimum atomic E-state index is 0.413. The van der Waals surface area contributed by atoms with E-state index in [0.717, 1.165) is 32.4 Å². The van der Waals surface area contributed by atoms with Gasteiger partial charge in [0.25, 0.3) is 0 Å². The Labute approximate surface area is 85.4 Å². The number of hydrogen-bond donors (Lipinski definition) is 0. The van der Waals surface area contributed by atoms with E-state index in [1.165, 1.54) is 12.8 Å². The average molecular weight is 197 g/mol. The number of rotatable bonds is 3. The monoisotopic (exact) mass is 197 g/mol. The van der Waals surface area contributed by atoms with Gasteiger partial charge in [0.15, 0.2) is 0 Å². The van der Waals surface area contributed by atoms with Gasteiger partial charge in [0.2, 0.25) is 0 Å². The Morgan fingerprint density at radius 3 is 2.93 bits per heavy atom. The number of Topliss-reactive ketones (excluding diaryl/α,β-unsaturated/α-hetero) is 1. The smallest absolute Gasteiger partial charge is 0.134 e. The molecule has 1 saturated heterocycles. The van der Waals surface area contributed by atoms with Crippen LogP contribution in [-0.2, 0) is 9.53 Å². The fourth-order valence-electron chi connectivity index (χ4n) is 2.43. The summed E-state index contributed by atoms with van der Waals surface area (Å²) in [6, 6.07) is 0.478. The summed E-state index contributed by atoms with van der Waals surface area (Å²) >= 11 is 0. The standard InChI is InChI=1S/C11H19NO2/c1-12(8-11-3-2-6-14-11)9-4-5-10(13)7-9/h9,11H,2-8H2,1H3. The van der Waals surface area contributed by atoms with E-state index in [4.69, 9.17) is 4.74 Å². The van der Waals surface area contributed by atoms with Crippen molar-refractivity contribution in [2.24, 2.45) is 0 Å². The molecule has 0 radical (unpaired) electrons. The second kappa shape index (κ2) is 4.41. The molecule has 1 aliphatic carbocycles. The Morgan fingerprint density at radius 2 is 2.36 bits per heavy atom. The summed E-state index contributed by atoms with van der Waals surface area (Å²) in [5, 5.41) is 0. The lowest BCUT2D eigenvalue weighted by atomic mass is 10.2. The van der Waals surface area contributed by atoms with Crippen LogP contribution >= 0.6 is 0 Å². The molecule has 1 saturated carbocycles. The van der Waals surface area contributed by atoms with E-state index in [9.17, 15) is 4.79 Å². The maximum Gasteiger partial charge on any atom is 0.134 e. The molecule has 0 N–H and O–H groups in total. The van der Waals surface area contributed by atoms with Crippen molar-refractivity contribution in [3.63, 3.8) is 0 Å². The molecule has 0 spiro atoms. The average Bonchev–Trinajstić information content (AvgIpc) is 2.75. The van der Waals surface area contributed by atoms with Crippen molar-refractivity contribution in [2.45, 2.75) is 44.2 Å². The Kier molecular flexibility index (Phi) is 3.19. The molecule has 2 rings (SSSR count). The minimum Gasteiger partial charge on any atom is -0.377 e. The first-order valence-corrected chi connectivity index (χ1v) is 5.59. The number of likely N-dealkylation sites (N-methyl/N-ethyl adjacent to an activating group) is 1. The predicted molar refractivity (Wildman–Crippen MR) is 54.3 cm³/mol. The summed E-state index contributed by atoms with van der Waals surface area (Å²) in [5.41, 5.74) is 0. The molecule has 80 valence electrons. The molecule has 0 aromatic rings. The quantitative estimate of drug-likeness (QED) is 0.681. The lowest BCUT2D eigenvalue weighted by molar-refractivity contribution is -0.117. The van der Waals surface area contributed by atoms with Crippen LogP contribution in [0, 0.1) is 0 Å². The summed E-state index contributed by atoms with van der Waals surface area (Å²) in [5.74, 6) is 0.425. The summed E-state index contributed by atoms with van der Waals surface area (Å²) < 4.78 is 5.58. The Hall–Kier alpha value is -0.410. The molecule has 1 aliphatic heterocycles. The number of carbonyl (C=O) groups excluding carboxylic acids is 1. The van der Waals surface area contributed by atoms with Crippen LogP contribution in [0.25, 0.3) is 0 Å². The van der Waals surface area contributed by atoms with E-state index < -0.39 is 0 Å². The molecular weight excluding hydrogens is 178 g/mol. The Morgan fingerprint density at radius 1 is 1.50 bits per heavy atom. The van der Waals surface area contributed by atoms with Crippen LogP contribution in [0.3, 0.4) is 0 Å². The number of ether oxygens (including phenoxy) is 1. The number of nitrogens with zero attached hydrogens (tertiary/aromatic N) is 1. The first-order chi connectivity index (χ1) is 6.75. The highest BCUT2D eigenvalue weighted by molar-refractivity contribution is 5.81. The van der Waals surface area contributed by atoms with Crippen molar-refractivity contribution in [3.8, 4) is 0 Å². The first-order valence-electron chi connectivity index (χ1n) is 5.59. The van der Waals surface area contributed by atoms with E-state index in [-0.39, 0.29) is 0 Å². The second-order valence-electron chi connectivity index (χ2n) is 4.51. The molecule has 0 aromatic heterocycles. The van der Waals surface area contributed by atoms with Gasteiger partial charge in [-0.2, -0.15) is 0 Å². The second-order valence-corrected chi connectivity index (χ2v) is 4.51. The van der Waals surface area contributed by atoms with E-state index in [1.54, 1.807) is 0 Å². The highest BCUT2D eigenvalue weighted by Crippen LogP contribution is 2.21. The van der Waals surface area contributed by atoms with Crippen molar-refractivity contribution in [3.05, 3.63) is 0 Å². The molecule has 2 unspecified atom stereocenters. The van der Waals surface area contributed by atoms with Crippen molar-refractivity contribution in [2.75, 3.05) is 20.2 Å². The van der Waals surface area contributed by atoms with E-state index in [2.05, 4.69) is 11.9 Å². The van der Waals surface area contributed by atoms with Gasteiger partial charge in [-0.1, -0.05) is 0 Å². The van der Waals surface area contributed by atoms with E-state index >= 15 is 0 Å². The van der Waals surface area contributed by atoms with Crippen LogP contribution in [0.15, 0.2) is 0 Å². The van der Waals surface area contributed by atoms with Crippen LogP contribution in [0.1, 0.15) is 32.1 Å². The van der Waals surface area contributed by atoms with Gasteiger partial charge in [-0.05, 0) is 26.3 Å². The van der Waals surface area contributed by atoms with Crippen molar-refractivity contribution < 1.29 is 9.53 Å².